The van der Waals surface area contributed by atoms with Gasteiger partial charge in [-0.1, -0.05) is 18.2 Å². The fraction of sp³-hybridized carbons (Fsp3) is 0.130. The molecule has 0 fully saturated rings. The lowest BCUT2D eigenvalue weighted by atomic mass is 10.2. The summed E-state index contributed by atoms with van der Waals surface area (Å²) in [7, 11) is 0. The summed E-state index contributed by atoms with van der Waals surface area (Å²) in [6, 6.07) is 18.2. The fourth-order valence-corrected chi connectivity index (χ4v) is 3.77. The molecule has 0 saturated carbocycles. The molecule has 4 aromatic rings. The first kappa shape index (κ1) is 20.6. The van der Waals surface area contributed by atoms with E-state index >= 15 is 0 Å². The minimum atomic E-state index is -0.235. The van der Waals surface area contributed by atoms with Gasteiger partial charge in [-0.25, -0.2) is 4.98 Å². The topological polar surface area (TPSA) is 99.8 Å². The molecule has 2 heterocycles. The van der Waals surface area contributed by atoms with Crippen LogP contribution < -0.4 is 10.6 Å². The molecule has 0 aliphatic heterocycles. The third-order valence-corrected chi connectivity index (χ3v) is 5.76. The van der Waals surface area contributed by atoms with Crippen molar-refractivity contribution < 1.29 is 9.59 Å². The minimum Gasteiger partial charge on any atom is -0.341 e. The monoisotopic (exact) mass is 431 g/mol. The Morgan fingerprint density at radius 2 is 1.74 bits per heavy atom. The number of carbonyl (C=O) groups excluding carboxylic acids is 2. The Bertz CT molecular complexity index is 1180. The van der Waals surface area contributed by atoms with Crippen LogP contribution in [0.2, 0.25) is 0 Å². The number of hydrogen-bond donors (Lipinski definition) is 3. The average molecular weight is 432 g/mol. The van der Waals surface area contributed by atoms with Crippen molar-refractivity contribution in [2.75, 3.05) is 16.4 Å². The molecular weight excluding hydrogens is 410 g/mol. The Morgan fingerprint density at radius 3 is 2.52 bits per heavy atom. The van der Waals surface area contributed by atoms with E-state index in [1.807, 2.05) is 31.2 Å². The predicted molar refractivity (Wildman–Crippen MR) is 124 cm³/mol. The van der Waals surface area contributed by atoms with Crippen LogP contribution in [0.15, 0.2) is 73.1 Å². The van der Waals surface area contributed by atoms with Gasteiger partial charge in [0, 0.05) is 29.3 Å². The molecule has 8 heteroatoms. The lowest BCUT2D eigenvalue weighted by Crippen LogP contribution is -2.16. The number of nitrogens with one attached hydrogen (secondary N) is 3. The number of carbonyl (C=O) groups is 2. The van der Waals surface area contributed by atoms with E-state index in [0.717, 1.165) is 16.9 Å². The van der Waals surface area contributed by atoms with Gasteiger partial charge in [-0.15, -0.1) is 11.8 Å². The summed E-state index contributed by atoms with van der Waals surface area (Å²) < 4.78 is 0. The van der Waals surface area contributed by atoms with Gasteiger partial charge in [0.25, 0.3) is 5.91 Å². The lowest BCUT2D eigenvalue weighted by Gasteiger charge is -2.10. The van der Waals surface area contributed by atoms with Crippen molar-refractivity contribution in [3.8, 4) is 0 Å². The number of para-hydroxylation sites is 2. The number of H-pyrrole nitrogens is 1. The van der Waals surface area contributed by atoms with Crippen molar-refractivity contribution in [3.05, 3.63) is 84.4 Å². The van der Waals surface area contributed by atoms with Crippen LogP contribution in [0.1, 0.15) is 28.4 Å². The van der Waals surface area contributed by atoms with E-state index in [9.17, 15) is 9.59 Å². The Morgan fingerprint density at radius 1 is 1.00 bits per heavy atom. The fourth-order valence-electron chi connectivity index (χ4n) is 3.02. The highest BCUT2D eigenvalue weighted by Crippen LogP contribution is 2.28. The molecule has 156 valence electrons. The van der Waals surface area contributed by atoms with Crippen molar-refractivity contribution in [1.82, 2.24) is 15.0 Å². The van der Waals surface area contributed by atoms with E-state index in [0.29, 0.717) is 16.9 Å². The third-order valence-electron chi connectivity index (χ3n) is 4.60. The molecule has 0 aliphatic rings. The predicted octanol–water partition coefficient (Wildman–Crippen LogP) is 4.64. The zero-order valence-corrected chi connectivity index (χ0v) is 17.6. The number of fused-ring (bicyclic) bond motifs is 1. The molecule has 2 aromatic heterocycles. The zero-order chi connectivity index (χ0) is 21.6. The van der Waals surface area contributed by atoms with Gasteiger partial charge in [-0.3, -0.25) is 14.6 Å². The summed E-state index contributed by atoms with van der Waals surface area (Å²) in [5.74, 6) is 0.776. The maximum atomic E-state index is 12.4. The van der Waals surface area contributed by atoms with E-state index in [1.54, 1.807) is 48.8 Å². The first-order valence-electron chi connectivity index (χ1n) is 9.76. The second kappa shape index (κ2) is 9.44. The van der Waals surface area contributed by atoms with Crippen molar-refractivity contribution in [2.45, 2.75) is 12.2 Å². The normalized spacial score (nSPS) is 11.8. The molecule has 1 atom stereocenters. The molecular formula is C23H21N5O2S. The second-order valence-electron chi connectivity index (χ2n) is 6.91. The molecule has 3 N–H and O–H groups in total. The van der Waals surface area contributed by atoms with E-state index < -0.39 is 0 Å². The van der Waals surface area contributed by atoms with E-state index in [1.165, 1.54) is 11.8 Å². The second-order valence-corrected chi connectivity index (χ2v) is 8.24. The van der Waals surface area contributed by atoms with Gasteiger partial charge in [-0.05, 0) is 49.4 Å². The number of anilines is 2. The number of aromatic nitrogens is 3. The highest BCUT2D eigenvalue weighted by Gasteiger charge is 2.14. The number of aromatic amines is 1. The summed E-state index contributed by atoms with van der Waals surface area (Å²) in [4.78, 5) is 36.5. The largest absolute Gasteiger partial charge is 0.341 e. The van der Waals surface area contributed by atoms with Gasteiger partial charge in [0.2, 0.25) is 5.91 Å². The van der Waals surface area contributed by atoms with Gasteiger partial charge in [0.1, 0.15) is 5.82 Å². The number of rotatable bonds is 7. The van der Waals surface area contributed by atoms with Crippen LogP contribution in [0.5, 0.6) is 0 Å². The highest BCUT2D eigenvalue weighted by atomic mass is 32.2. The minimum absolute atomic E-state index is 0.0455. The summed E-state index contributed by atoms with van der Waals surface area (Å²) in [6.45, 7) is 2.02. The van der Waals surface area contributed by atoms with E-state index in [4.69, 9.17) is 0 Å². The zero-order valence-electron chi connectivity index (χ0n) is 16.8. The van der Waals surface area contributed by atoms with Gasteiger partial charge in [-0.2, -0.15) is 0 Å². The maximum Gasteiger partial charge on any atom is 0.255 e. The number of amides is 2. The molecule has 0 bridgehead atoms. The number of pyridine rings is 1. The smallest absolute Gasteiger partial charge is 0.255 e. The van der Waals surface area contributed by atoms with E-state index in [2.05, 4.69) is 25.6 Å². The SMILES string of the molecule is CC(SCC(=O)Nc1cccc(NC(=O)c2ccncc2)c1)c1nc2ccccc2[nH]1. The molecule has 7 nitrogen and oxygen atoms in total. The maximum absolute atomic E-state index is 12.4. The van der Waals surface area contributed by atoms with Crippen LogP contribution >= 0.6 is 11.8 Å². The first-order valence-corrected chi connectivity index (χ1v) is 10.8. The summed E-state index contributed by atoms with van der Waals surface area (Å²) in [5, 5.41) is 5.74. The summed E-state index contributed by atoms with van der Waals surface area (Å²) in [6.07, 6.45) is 3.13. The highest BCUT2D eigenvalue weighted by molar-refractivity contribution is 8.00. The molecule has 2 amide bonds. The Hall–Kier alpha value is -3.65. The molecule has 0 spiro atoms. The van der Waals surface area contributed by atoms with Crippen LogP contribution in [0.25, 0.3) is 11.0 Å². The number of imidazole rings is 1. The quantitative estimate of drug-likeness (QED) is 0.396. The van der Waals surface area contributed by atoms with Crippen molar-refractivity contribution in [3.63, 3.8) is 0 Å². The van der Waals surface area contributed by atoms with Crippen LogP contribution in [0.3, 0.4) is 0 Å². The van der Waals surface area contributed by atoms with Crippen LogP contribution in [-0.2, 0) is 4.79 Å². The number of benzene rings is 2. The Balaban J connectivity index is 1.32. The van der Waals surface area contributed by atoms with Gasteiger partial charge in [0.05, 0.1) is 22.0 Å². The van der Waals surface area contributed by atoms with E-state index in [-0.39, 0.29) is 22.8 Å². The third kappa shape index (κ3) is 5.29. The molecule has 0 radical (unpaired) electrons. The number of nitrogens with zero attached hydrogens (tertiary/aromatic N) is 2. The van der Waals surface area contributed by atoms with Gasteiger partial charge < -0.3 is 15.6 Å². The number of thioether (sulfide) groups is 1. The van der Waals surface area contributed by atoms with Crippen LogP contribution in [0, 0.1) is 0 Å². The molecule has 31 heavy (non-hydrogen) atoms. The molecule has 2 aromatic carbocycles. The molecule has 0 saturated heterocycles. The Kier molecular flexibility index (Phi) is 6.28. The van der Waals surface area contributed by atoms with Gasteiger partial charge in [0.15, 0.2) is 0 Å². The van der Waals surface area contributed by atoms with Crippen molar-refractivity contribution in [1.29, 1.82) is 0 Å². The summed E-state index contributed by atoms with van der Waals surface area (Å²) >= 11 is 1.50. The van der Waals surface area contributed by atoms with Crippen molar-refractivity contribution >= 4 is 46.0 Å². The Labute approximate surface area is 183 Å². The lowest BCUT2D eigenvalue weighted by molar-refractivity contribution is -0.113. The van der Waals surface area contributed by atoms with Crippen molar-refractivity contribution in [2.24, 2.45) is 0 Å². The molecule has 0 aliphatic carbocycles. The first-order chi connectivity index (χ1) is 15.1. The number of hydrogen-bond acceptors (Lipinski definition) is 5. The standard InChI is InChI=1S/C23H21N5O2S/c1-15(22-27-19-7-2-3-8-20(19)28-22)31-14-21(29)25-17-5-4-6-18(13-17)26-23(30)16-9-11-24-12-10-16/h2-13,15H,14H2,1H3,(H,25,29)(H,26,30)(H,27,28). The molecule has 1 unspecified atom stereocenters. The average Bonchev–Trinajstić information content (AvgIpc) is 3.23. The van der Waals surface area contributed by atoms with Gasteiger partial charge >= 0.3 is 0 Å². The summed E-state index contributed by atoms with van der Waals surface area (Å²) in [5.41, 5.74) is 3.64. The van der Waals surface area contributed by atoms with Crippen LogP contribution in [-0.4, -0.2) is 32.5 Å². The molecule has 4 rings (SSSR count). The van der Waals surface area contributed by atoms with Crippen LogP contribution in [0.4, 0.5) is 11.4 Å².